The molecular formula is C9H12O. The molecule has 0 aliphatic carbocycles. The Hall–Kier alpha value is -1.11. The molecule has 0 N–H and O–H groups in total. The zero-order valence-corrected chi connectivity index (χ0v) is 6.16. The Morgan fingerprint density at radius 1 is 1.00 bits per heavy atom. The van der Waals surface area contributed by atoms with Crippen LogP contribution >= 0.6 is 0 Å². The van der Waals surface area contributed by atoms with Crippen LogP contribution in [0.4, 0.5) is 0 Å². The lowest BCUT2D eigenvalue weighted by Crippen LogP contribution is -1.56. The molecule has 10 heavy (non-hydrogen) atoms. The van der Waals surface area contributed by atoms with E-state index in [2.05, 4.69) is 6.92 Å². The third-order valence-electron chi connectivity index (χ3n) is 0.895. The average molecular weight is 138 g/mol. The summed E-state index contributed by atoms with van der Waals surface area (Å²) in [6.07, 6.45) is 12.7. The molecule has 0 saturated heterocycles. The van der Waals surface area contributed by atoms with Crippen LogP contribution in [-0.4, -0.2) is 6.29 Å². The molecule has 0 heterocycles. The molecule has 0 aromatic heterocycles. The molecule has 0 rings (SSSR count). The molecule has 0 aromatic rings. The topological polar surface area (TPSA) is 17.1 Å². The van der Waals surface area contributed by atoms with Crippen molar-refractivity contribution in [3.8, 4) is 0 Å². The van der Waals surface area contributed by atoms with Crippen LogP contribution in [0, 0.1) is 0 Å². The Labute approximate surface area is 61.8 Å². The van der Waals surface area contributed by atoms with Gasteiger partial charge in [-0.2, -0.15) is 0 Å². The second-order valence-electron chi connectivity index (χ2n) is 1.74. The van der Waals surface area contributed by atoms with Gasteiger partial charge in [0, 0.05) is 0 Å². The zero-order valence-electron chi connectivity index (χ0n) is 6.16. The van der Waals surface area contributed by atoms with Gasteiger partial charge in [-0.05, 0) is 12.5 Å². The largest absolute Gasteiger partial charge is 0.299 e. The molecule has 54 valence electrons. The van der Waals surface area contributed by atoms with E-state index in [-0.39, 0.29) is 0 Å². The van der Waals surface area contributed by atoms with Crippen LogP contribution in [0.2, 0.25) is 0 Å². The van der Waals surface area contributed by atoms with E-state index in [0.29, 0.717) is 0 Å². The first-order valence-electron chi connectivity index (χ1n) is 3.35. The molecule has 0 amide bonds. The number of hydrogen-bond acceptors (Lipinski definition) is 1. The summed E-state index contributed by atoms with van der Waals surface area (Å²) in [5, 5.41) is 0. The van der Waals surface area contributed by atoms with E-state index in [0.717, 1.165) is 12.7 Å². The number of aldehydes is 1. The van der Waals surface area contributed by atoms with E-state index >= 15 is 0 Å². The first-order chi connectivity index (χ1) is 4.91. The Balaban J connectivity index is 3.46. The van der Waals surface area contributed by atoms with Gasteiger partial charge in [0.15, 0.2) is 0 Å². The summed E-state index contributed by atoms with van der Waals surface area (Å²) >= 11 is 0. The molecule has 0 fully saturated rings. The van der Waals surface area contributed by atoms with Crippen molar-refractivity contribution in [1.82, 2.24) is 0 Å². The van der Waals surface area contributed by atoms with Gasteiger partial charge in [0.2, 0.25) is 0 Å². The highest BCUT2D eigenvalue weighted by atomic mass is 16.2. The van der Waals surface area contributed by atoms with Gasteiger partial charge in [-0.25, -0.2) is 0 Å². The maximum absolute atomic E-state index is 9.76. The number of carbonyl (C=O) groups excluding carboxylic acids is 1. The monoisotopic (exact) mass is 138 g/mol. The second-order valence-corrected chi connectivity index (χ2v) is 1.74. The predicted molar refractivity (Wildman–Crippen MR) is 43.8 cm³/mol. The number of hydrogen-bond donors (Lipinski definition) is 0. The molecule has 0 aliphatic rings. The van der Waals surface area contributed by atoms with Crippen LogP contribution in [0.15, 0.2) is 36.5 Å². The molecule has 0 aromatic carbocycles. The van der Waals surface area contributed by atoms with Crippen molar-refractivity contribution in [2.75, 3.05) is 0 Å². The van der Waals surface area contributed by atoms with Crippen LogP contribution in [0.3, 0.4) is 0 Å². The van der Waals surface area contributed by atoms with Crippen LogP contribution in [0.25, 0.3) is 0 Å². The van der Waals surface area contributed by atoms with Crippen LogP contribution in [0.5, 0.6) is 0 Å². The molecule has 0 saturated carbocycles. The number of allylic oxidation sites excluding steroid dienone is 6. The summed E-state index contributed by atoms with van der Waals surface area (Å²) < 4.78 is 0. The fourth-order valence-corrected chi connectivity index (χ4v) is 0.452. The van der Waals surface area contributed by atoms with E-state index < -0.39 is 0 Å². The Morgan fingerprint density at radius 3 is 2.20 bits per heavy atom. The summed E-state index contributed by atoms with van der Waals surface area (Å²) in [5.41, 5.74) is 0. The van der Waals surface area contributed by atoms with Crippen molar-refractivity contribution >= 4 is 6.29 Å². The van der Waals surface area contributed by atoms with Gasteiger partial charge >= 0.3 is 0 Å². The first-order valence-corrected chi connectivity index (χ1v) is 3.35. The minimum absolute atomic E-state index is 0.758. The normalized spacial score (nSPS) is 12.1. The van der Waals surface area contributed by atoms with Crippen molar-refractivity contribution in [2.45, 2.75) is 13.3 Å². The smallest absolute Gasteiger partial charge is 0.142 e. The standard InChI is InChI=1S/C9H12O/c1-2-3-4-5-6-7-8-9-10/h3-9H,2H2,1H3/b4-3+,6-5+,8-7+/i8+1,9+1. The van der Waals surface area contributed by atoms with Gasteiger partial charge in [0.05, 0.1) is 0 Å². The van der Waals surface area contributed by atoms with E-state index in [9.17, 15) is 4.79 Å². The predicted octanol–water partition coefficient (Wildman–Crippen LogP) is 2.26. The summed E-state index contributed by atoms with van der Waals surface area (Å²) in [7, 11) is 0. The fraction of sp³-hybridized carbons (Fsp3) is 0.222. The van der Waals surface area contributed by atoms with Gasteiger partial charge in [-0.3, -0.25) is 4.79 Å². The fourth-order valence-electron chi connectivity index (χ4n) is 0.452. The molecule has 1 heteroatoms. The van der Waals surface area contributed by atoms with E-state index in [4.69, 9.17) is 0 Å². The van der Waals surface area contributed by atoms with Gasteiger partial charge in [-0.15, -0.1) is 0 Å². The summed E-state index contributed by atoms with van der Waals surface area (Å²) in [6, 6.07) is 0. The third kappa shape index (κ3) is 6.89. The first kappa shape index (κ1) is 8.89. The second kappa shape index (κ2) is 7.89. The van der Waals surface area contributed by atoms with Crippen molar-refractivity contribution in [2.24, 2.45) is 0 Å². The van der Waals surface area contributed by atoms with Crippen LogP contribution in [0.1, 0.15) is 13.3 Å². The van der Waals surface area contributed by atoms with Gasteiger partial charge < -0.3 is 0 Å². The third-order valence-corrected chi connectivity index (χ3v) is 0.895. The zero-order chi connectivity index (χ0) is 7.66. The highest BCUT2D eigenvalue weighted by Gasteiger charge is 1.62. The Kier molecular flexibility index (Phi) is 7.01. The van der Waals surface area contributed by atoms with Crippen molar-refractivity contribution < 1.29 is 4.79 Å². The minimum Gasteiger partial charge on any atom is -0.299 e. The molecule has 0 aliphatic heterocycles. The van der Waals surface area contributed by atoms with Gasteiger partial charge in [0.1, 0.15) is 6.29 Å². The lowest BCUT2D eigenvalue weighted by Gasteiger charge is -1.72. The van der Waals surface area contributed by atoms with Crippen LogP contribution in [-0.2, 0) is 4.79 Å². The number of carbonyl (C=O) groups is 1. The lowest BCUT2D eigenvalue weighted by molar-refractivity contribution is -0.104. The average Bonchev–Trinajstić information content (AvgIpc) is 1.97. The molecule has 0 unspecified atom stereocenters. The summed E-state index contributed by atoms with van der Waals surface area (Å²) in [4.78, 5) is 9.76. The molecule has 0 radical (unpaired) electrons. The highest BCUT2D eigenvalue weighted by molar-refractivity contribution is 5.65. The molecule has 0 atom stereocenters. The van der Waals surface area contributed by atoms with Crippen molar-refractivity contribution in [3.05, 3.63) is 36.5 Å². The number of rotatable bonds is 4. The maximum Gasteiger partial charge on any atom is 0.142 e. The SMILES string of the molecule is CC/C=C/C=C/C=[13CH]/[13CH]=O. The highest BCUT2D eigenvalue weighted by Crippen LogP contribution is 1.81. The van der Waals surface area contributed by atoms with Gasteiger partial charge in [0.25, 0.3) is 0 Å². The van der Waals surface area contributed by atoms with E-state index in [1.54, 1.807) is 6.08 Å². The molecule has 0 spiro atoms. The molecular weight excluding hydrogens is 126 g/mol. The Morgan fingerprint density at radius 2 is 1.60 bits per heavy atom. The molecule has 0 bridgehead atoms. The summed E-state index contributed by atoms with van der Waals surface area (Å²) in [5.74, 6) is 0. The minimum atomic E-state index is 0.758. The van der Waals surface area contributed by atoms with Gasteiger partial charge in [-0.1, -0.05) is 37.3 Å². The van der Waals surface area contributed by atoms with Crippen molar-refractivity contribution in [3.63, 3.8) is 0 Å². The van der Waals surface area contributed by atoms with E-state index in [1.807, 2.05) is 24.3 Å². The lowest BCUT2D eigenvalue weighted by atomic mass is 10.4. The van der Waals surface area contributed by atoms with E-state index in [1.165, 1.54) is 6.08 Å². The quantitative estimate of drug-likeness (QED) is 0.252. The van der Waals surface area contributed by atoms with Crippen LogP contribution < -0.4 is 0 Å². The van der Waals surface area contributed by atoms with Crippen molar-refractivity contribution in [1.29, 1.82) is 0 Å². The maximum atomic E-state index is 9.76. The Bertz CT molecular complexity index is 152. The molecule has 1 nitrogen and oxygen atoms in total. The summed E-state index contributed by atoms with van der Waals surface area (Å²) in [6.45, 7) is 2.08.